The Morgan fingerprint density at radius 1 is 1.12 bits per heavy atom. The van der Waals surface area contributed by atoms with Gasteiger partial charge in [-0.3, -0.25) is 0 Å². The Bertz CT molecular complexity index is 284. The SMILES string of the molecule is C=C(C)CCC(C)=C(F)F.[CH3-].[W].c1cc[nH]c1. The van der Waals surface area contributed by atoms with Crippen molar-refractivity contribution < 1.29 is 29.8 Å². The number of hydrogen-bond acceptors (Lipinski definition) is 0. The molecule has 0 radical (unpaired) electrons. The second-order valence-corrected chi connectivity index (χ2v) is 3.38. The van der Waals surface area contributed by atoms with Crippen molar-refractivity contribution in [3.05, 3.63) is 55.8 Å². The van der Waals surface area contributed by atoms with E-state index in [4.69, 9.17) is 0 Å². The van der Waals surface area contributed by atoms with E-state index in [0.29, 0.717) is 12.8 Å². The van der Waals surface area contributed by atoms with Crippen molar-refractivity contribution in [2.75, 3.05) is 0 Å². The van der Waals surface area contributed by atoms with Gasteiger partial charge in [-0.25, -0.2) is 0 Å². The molecule has 1 aromatic rings. The summed E-state index contributed by atoms with van der Waals surface area (Å²) in [4.78, 5) is 2.86. The van der Waals surface area contributed by atoms with Crippen molar-refractivity contribution in [1.29, 1.82) is 0 Å². The molecule has 1 heterocycles. The monoisotopic (exact) mass is 412 g/mol. The number of halogens is 2. The first kappa shape index (κ1) is 21.6. The van der Waals surface area contributed by atoms with Gasteiger partial charge in [-0.15, -0.1) is 6.58 Å². The van der Waals surface area contributed by atoms with E-state index < -0.39 is 6.08 Å². The largest absolute Gasteiger partial charge is 0.368 e. The van der Waals surface area contributed by atoms with Gasteiger partial charge in [-0.2, -0.15) is 8.78 Å². The summed E-state index contributed by atoms with van der Waals surface area (Å²) in [7, 11) is 0. The van der Waals surface area contributed by atoms with Crippen molar-refractivity contribution in [2.45, 2.75) is 26.7 Å². The molecule has 98 valence electrons. The van der Waals surface area contributed by atoms with Crippen LogP contribution < -0.4 is 0 Å². The Hall–Kier alpha value is -0.692. The number of rotatable bonds is 3. The number of hydrogen-bond donors (Lipinski definition) is 1. The molecular weight excluding hydrogens is 392 g/mol. The number of nitrogens with one attached hydrogen (secondary N) is 1. The molecule has 0 aromatic carbocycles. The van der Waals surface area contributed by atoms with E-state index in [1.807, 2.05) is 31.5 Å². The van der Waals surface area contributed by atoms with Crippen LogP contribution in [0.15, 0.2) is 48.3 Å². The molecule has 0 saturated heterocycles. The first-order valence-electron chi connectivity index (χ1n) is 4.77. The average molecular weight is 412 g/mol. The molecule has 0 amide bonds. The summed E-state index contributed by atoms with van der Waals surface area (Å²) in [5, 5.41) is 0. The first-order chi connectivity index (χ1) is 7.04. The van der Waals surface area contributed by atoms with Crippen LogP contribution in [0.25, 0.3) is 0 Å². The maximum Gasteiger partial charge on any atom is 0.269 e. The first-order valence-corrected chi connectivity index (χ1v) is 4.77. The van der Waals surface area contributed by atoms with Crippen LogP contribution in [-0.2, 0) is 21.1 Å². The van der Waals surface area contributed by atoms with Gasteiger partial charge in [-0.1, -0.05) is 5.57 Å². The molecule has 1 nitrogen and oxygen atoms in total. The molecule has 0 bridgehead atoms. The fraction of sp³-hybridized carbons (Fsp3) is 0.308. The van der Waals surface area contributed by atoms with Crippen molar-refractivity contribution in [3.63, 3.8) is 0 Å². The topological polar surface area (TPSA) is 15.8 Å². The van der Waals surface area contributed by atoms with Gasteiger partial charge in [0.15, 0.2) is 0 Å². The third kappa shape index (κ3) is 15.3. The third-order valence-electron chi connectivity index (χ3n) is 1.75. The summed E-state index contributed by atoms with van der Waals surface area (Å²) >= 11 is 0. The standard InChI is InChI=1S/C8H12F2.C4H5N.CH3.W/c1-6(2)4-5-7(3)8(9)10;1-2-4-5-3-1;;/h1,4-5H2,2-3H3;1-5H;1H3;/q;;-1;. The Balaban J connectivity index is -0.000000238. The molecule has 0 unspecified atom stereocenters. The van der Waals surface area contributed by atoms with Crippen molar-refractivity contribution in [3.8, 4) is 0 Å². The van der Waals surface area contributed by atoms with Gasteiger partial charge in [0.1, 0.15) is 0 Å². The minimum Gasteiger partial charge on any atom is -0.368 e. The molecule has 1 rings (SSSR count). The van der Waals surface area contributed by atoms with Crippen LogP contribution >= 0.6 is 0 Å². The van der Waals surface area contributed by atoms with Gasteiger partial charge in [0.05, 0.1) is 0 Å². The number of aromatic nitrogens is 1. The summed E-state index contributed by atoms with van der Waals surface area (Å²) in [5.74, 6) is 0. The predicted molar refractivity (Wildman–Crippen MR) is 66.2 cm³/mol. The molecule has 0 aliphatic heterocycles. The van der Waals surface area contributed by atoms with E-state index >= 15 is 0 Å². The Labute approximate surface area is 117 Å². The van der Waals surface area contributed by atoms with E-state index in [9.17, 15) is 8.78 Å². The molecule has 1 N–H and O–H groups in total. The summed E-state index contributed by atoms with van der Waals surface area (Å²) in [6, 6.07) is 3.89. The molecule has 0 fully saturated rings. The Kier molecular flexibility index (Phi) is 17.0. The maximum atomic E-state index is 11.7. The molecule has 0 spiro atoms. The van der Waals surface area contributed by atoms with Crippen LogP contribution in [0.2, 0.25) is 0 Å². The van der Waals surface area contributed by atoms with Gasteiger partial charge >= 0.3 is 0 Å². The summed E-state index contributed by atoms with van der Waals surface area (Å²) in [6.07, 6.45) is 3.28. The van der Waals surface area contributed by atoms with E-state index in [-0.39, 0.29) is 34.1 Å². The molecule has 0 saturated carbocycles. The minimum absolute atomic E-state index is 0. The summed E-state index contributed by atoms with van der Waals surface area (Å²) < 4.78 is 23.5. The van der Waals surface area contributed by atoms with Crippen molar-refractivity contribution in [2.24, 2.45) is 0 Å². The molecule has 4 heteroatoms. The fourth-order valence-electron chi connectivity index (χ4n) is 0.773. The van der Waals surface area contributed by atoms with Crippen LogP contribution in [0, 0.1) is 7.43 Å². The van der Waals surface area contributed by atoms with Crippen LogP contribution in [0.4, 0.5) is 8.78 Å². The number of H-pyrrole nitrogens is 1. The zero-order chi connectivity index (χ0) is 11.7. The van der Waals surface area contributed by atoms with E-state index in [2.05, 4.69) is 11.6 Å². The second-order valence-electron chi connectivity index (χ2n) is 3.38. The van der Waals surface area contributed by atoms with Gasteiger partial charge in [0.2, 0.25) is 0 Å². The summed E-state index contributed by atoms with van der Waals surface area (Å²) in [5.41, 5.74) is 1.11. The van der Waals surface area contributed by atoms with Gasteiger partial charge in [0.25, 0.3) is 6.08 Å². The number of aromatic amines is 1. The Morgan fingerprint density at radius 3 is 1.82 bits per heavy atom. The average Bonchev–Trinajstić information content (AvgIpc) is 2.71. The molecular formula is C13H20F2NW-. The van der Waals surface area contributed by atoms with Crippen LogP contribution in [0.5, 0.6) is 0 Å². The molecule has 0 aliphatic rings. The smallest absolute Gasteiger partial charge is 0.269 e. The molecule has 17 heavy (non-hydrogen) atoms. The van der Waals surface area contributed by atoms with Gasteiger partial charge in [-0.05, 0) is 44.4 Å². The molecule has 0 aliphatic carbocycles. The van der Waals surface area contributed by atoms with Gasteiger partial charge in [0, 0.05) is 33.5 Å². The van der Waals surface area contributed by atoms with Crippen LogP contribution in [0.1, 0.15) is 26.7 Å². The summed E-state index contributed by atoms with van der Waals surface area (Å²) in [6.45, 7) is 6.90. The number of allylic oxidation sites excluding steroid dienone is 2. The fourth-order valence-corrected chi connectivity index (χ4v) is 0.773. The second kappa shape index (κ2) is 13.4. The predicted octanol–water partition coefficient (Wildman–Crippen LogP) is 4.98. The maximum absolute atomic E-state index is 11.7. The van der Waals surface area contributed by atoms with Gasteiger partial charge < -0.3 is 12.4 Å². The minimum atomic E-state index is -1.55. The van der Waals surface area contributed by atoms with Crippen molar-refractivity contribution in [1.82, 2.24) is 4.98 Å². The third-order valence-corrected chi connectivity index (χ3v) is 1.75. The zero-order valence-electron chi connectivity index (χ0n) is 10.6. The van der Waals surface area contributed by atoms with E-state index in [0.717, 1.165) is 5.57 Å². The van der Waals surface area contributed by atoms with Crippen LogP contribution in [0.3, 0.4) is 0 Å². The van der Waals surface area contributed by atoms with E-state index in [1.54, 1.807) is 0 Å². The van der Waals surface area contributed by atoms with Crippen LogP contribution in [-0.4, -0.2) is 4.98 Å². The van der Waals surface area contributed by atoms with Crippen molar-refractivity contribution >= 4 is 0 Å². The Morgan fingerprint density at radius 2 is 1.59 bits per heavy atom. The quantitative estimate of drug-likeness (QED) is 0.533. The zero-order valence-corrected chi connectivity index (χ0v) is 13.5. The molecule has 1 aromatic heterocycles. The normalized spacial score (nSPS) is 7.76. The molecule has 0 atom stereocenters. The van der Waals surface area contributed by atoms with E-state index in [1.165, 1.54) is 6.92 Å².